The number of pyridine rings is 1. The molecule has 1 aliphatic rings. The monoisotopic (exact) mass is 305 g/mol. The van der Waals surface area contributed by atoms with Gasteiger partial charge in [-0.1, -0.05) is 27.7 Å². The molecular weight excluding hydrogens is 278 g/mol. The van der Waals surface area contributed by atoms with Crippen molar-refractivity contribution in [1.29, 1.82) is 0 Å². The molecule has 0 spiro atoms. The van der Waals surface area contributed by atoms with Crippen LogP contribution in [0.25, 0.3) is 0 Å². The van der Waals surface area contributed by atoms with Crippen LogP contribution >= 0.6 is 0 Å². The van der Waals surface area contributed by atoms with Crippen LogP contribution in [0.5, 0.6) is 0 Å². The molecule has 1 fully saturated rings. The standard InChI is InChI=1S/C15H21N3O2.C2H6/c1-11(2)14(19)17-7-8-18(12(3)10-17)15(20)13-5-4-6-16-9-13;1-2/h4-6,9,11-12H,7-8,10H2,1-3H3;1-2H3. The van der Waals surface area contributed by atoms with E-state index in [4.69, 9.17) is 0 Å². The molecule has 2 rings (SSSR count). The van der Waals surface area contributed by atoms with Gasteiger partial charge < -0.3 is 9.80 Å². The van der Waals surface area contributed by atoms with E-state index < -0.39 is 0 Å². The summed E-state index contributed by atoms with van der Waals surface area (Å²) >= 11 is 0. The summed E-state index contributed by atoms with van der Waals surface area (Å²) in [7, 11) is 0. The maximum absolute atomic E-state index is 12.4. The Balaban J connectivity index is 0.00000116. The summed E-state index contributed by atoms with van der Waals surface area (Å²) < 4.78 is 0. The van der Waals surface area contributed by atoms with Gasteiger partial charge in [-0.05, 0) is 19.1 Å². The fourth-order valence-electron chi connectivity index (χ4n) is 2.48. The molecule has 1 aromatic heterocycles. The van der Waals surface area contributed by atoms with E-state index in [1.165, 1.54) is 0 Å². The summed E-state index contributed by atoms with van der Waals surface area (Å²) in [6.07, 6.45) is 3.24. The lowest BCUT2D eigenvalue weighted by Crippen LogP contribution is -2.56. The van der Waals surface area contributed by atoms with E-state index in [9.17, 15) is 9.59 Å². The van der Waals surface area contributed by atoms with Crippen LogP contribution in [0.1, 0.15) is 45.0 Å². The van der Waals surface area contributed by atoms with Crippen molar-refractivity contribution in [3.8, 4) is 0 Å². The molecule has 22 heavy (non-hydrogen) atoms. The molecule has 1 atom stereocenters. The van der Waals surface area contributed by atoms with Gasteiger partial charge in [0, 0.05) is 44.0 Å². The van der Waals surface area contributed by atoms with E-state index >= 15 is 0 Å². The molecule has 2 amide bonds. The zero-order valence-corrected chi connectivity index (χ0v) is 14.2. The van der Waals surface area contributed by atoms with Crippen LogP contribution in [0.2, 0.25) is 0 Å². The van der Waals surface area contributed by atoms with Crippen molar-refractivity contribution in [1.82, 2.24) is 14.8 Å². The number of piperazine rings is 1. The lowest BCUT2D eigenvalue weighted by molar-refractivity contribution is -0.136. The number of hydrogen-bond donors (Lipinski definition) is 0. The summed E-state index contributed by atoms with van der Waals surface area (Å²) in [5.41, 5.74) is 0.600. The number of nitrogens with zero attached hydrogens (tertiary/aromatic N) is 3. The van der Waals surface area contributed by atoms with Crippen LogP contribution < -0.4 is 0 Å². The Hall–Kier alpha value is -1.91. The Kier molecular flexibility index (Phi) is 7.02. The lowest BCUT2D eigenvalue weighted by atomic mass is 10.1. The highest BCUT2D eigenvalue weighted by atomic mass is 16.2. The van der Waals surface area contributed by atoms with E-state index in [1.54, 1.807) is 24.5 Å². The van der Waals surface area contributed by atoms with E-state index in [1.807, 2.05) is 44.4 Å². The smallest absolute Gasteiger partial charge is 0.255 e. The minimum Gasteiger partial charge on any atom is -0.339 e. The molecule has 1 saturated heterocycles. The van der Waals surface area contributed by atoms with Crippen molar-refractivity contribution < 1.29 is 9.59 Å². The average Bonchev–Trinajstić information content (AvgIpc) is 2.56. The zero-order valence-electron chi connectivity index (χ0n) is 14.2. The molecule has 1 aromatic rings. The zero-order chi connectivity index (χ0) is 16.7. The molecule has 1 unspecified atom stereocenters. The Morgan fingerprint density at radius 2 is 1.95 bits per heavy atom. The lowest BCUT2D eigenvalue weighted by Gasteiger charge is -2.40. The molecule has 0 bridgehead atoms. The van der Waals surface area contributed by atoms with E-state index in [0.29, 0.717) is 25.2 Å². The molecule has 0 radical (unpaired) electrons. The number of carbonyl (C=O) groups is 2. The molecule has 2 heterocycles. The fourth-order valence-corrected chi connectivity index (χ4v) is 2.48. The number of hydrogen-bond acceptors (Lipinski definition) is 3. The molecule has 0 aliphatic carbocycles. The highest BCUT2D eigenvalue weighted by Crippen LogP contribution is 2.15. The van der Waals surface area contributed by atoms with Gasteiger partial charge in [0.15, 0.2) is 0 Å². The summed E-state index contributed by atoms with van der Waals surface area (Å²) in [4.78, 5) is 32.1. The van der Waals surface area contributed by atoms with Crippen LogP contribution in [-0.4, -0.2) is 52.3 Å². The summed E-state index contributed by atoms with van der Waals surface area (Å²) in [6, 6.07) is 3.56. The summed E-state index contributed by atoms with van der Waals surface area (Å²) in [6.45, 7) is 11.6. The van der Waals surface area contributed by atoms with Crippen LogP contribution in [-0.2, 0) is 4.79 Å². The Bertz CT molecular complexity index is 488. The van der Waals surface area contributed by atoms with Crippen molar-refractivity contribution in [3.05, 3.63) is 30.1 Å². The number of aromatic nitrogens is 1. The van der Waals surface area contributed by atoms with Crippen molar-refractivity contribution in [2.75, 3.05) is 19.6 Å². The van der Waals surface area contributed by atoms with Crippen LogP contribution in [0.15, 0.2) is 24.5 Å². The van der Waals surface area contributed by atoms with E-state index in [-0.39, 0.29) is 23.8 Å². The first kappa shape index (κ1) is 18.1. The van der Waals surface area contributed by atoms with E-state index in [0.717, 1.165) is 0 Å². The minimum absolute atomic E-state index is 0.00257. The van der Waals surface area contributed by atoms with Gasteiger partial charge in [0.1, 0.15) is 0 Å². The van der Waals surface area contributed by atoms with Gasteiger partial charge in [-0.3, -0.25) is 14.6 Å². The maximum atomic E-state index is 12.4. The second-order valence-corrected chi connectivity index (χ2v) is 5.53. The fraction of sp³-hybridized carbons (Fsp3) is 0.588. The average molecular weight is 305 g/mol. The predicted octanol–water partition coefficient (Wildman–Crippen LogP) is 2.44. The minimum atomic E-state index is -0.0118. The first-order valence-electron chi connectivity index (χ1n) is 8.00. The highest BCUT2D eigenvalue weighted by Gasteiger charge is 2.30. The van der Waals surface area contributed by atoms with Gasteiger partial charge in [-0.15, -0.1) is 0 Å². The number of rotatable bonds is 2. The predicted molar refractivity (Wildman–Crippen MR) is 87.5 cm³/mol. The van der Waals surface area contributed by atoms with Crippen molar-refractivity contribution in [2.24, 2.45) is 5.92 Å². The van der Waals surface area contributed by atoms with Gasteiger partial charge in [0.05, 0.1) is 5.56 Å². The SMILES string of the molecule is CC.CC(C)C(=O)N1CCN(C(=O)c2cccnc2)C(C)C1. The largest absolute Gasteiger partial charge is 0.339 e. The Morgan fingerprint density at radius 1 is 1.27 bits per heavy atom. The van der Waals surface area contributed by atoms with Gasteiger partial charge >= 0.3 is 0 Å². The Labute approximate surface area is 133 Å². The third-order valence-corrected chi connectivity index (χ3v) is 3.60. The third-order valence-electron chi connectivity index (χ3n) is 3.60. The second-order valence-electron chi connectivity index (χ2n) is 5.53. The van der Waals surface area contributed by atoms with Crippen molar-refractivity contribution in [2.45, 2.75) is 40.7 Å². The third kappa shape index (κ3) is 4.29. The summed E-state index contributed by atoms with van der Waals surface area (Å²) in [5, 5.41) is 0. The quantitative estimate of drug-likeness (QED) is 0.843. The van der Waals surface area contributed by atoms with E-state index in [2.05, 4.69) is 4.98 Å². The molecule has 122 valence electrons. The molecule has 5 heteroatoms. The molecule has 0 N–H and O–H groups in total. The van der Waals surface area contributed by atoms with Crippen LogP contribution in [0.4, 0.5) is 0 Å². The normalized spacial score (nSPS) is 17.8. The van der Waals surface area contributed by atoms with Gasteiger partial charge in [0.25, 0.3) is 5.91 Å². The molecule has 0 saturated carbocycles. The first-order chi connectivity index (χ1) is 10.5. The van der Waals surface area contributed by atoms with Crippen LogP contribution in [0.3, 0.4) is 0 Å². The van der Waals surface area contributed by atoms with Gasteiger partial charge in [-0.25, -0.2) is 0 Å². The van der Waals surface area contributed by atoms with Crippen molar-refractivity contribution in [3.63, 3.8) is 0 Å². The van der Waals surface area contributed by atoms with Gasteiger partial charge in [-0.2, -0.15) is 0 Å². The topological polar surface area (TPSA) is 53.5 Å². The maximum Gasteiger partial charge on any atom is 0.255 e. The Morgan fingerprint density at radius 3 is 2.45 bits per heavy atom. The highest BCUT2D eigenvalue weighted by molar-refractivity contribution is 5.94. The number of amides is 2. The second kappa shape index (κ2) is 8.51. The summed E-state index contributed by atoms with van der Waals surface area (Å²) in [5.74, 6) is 0.148. The first-order valence-corrected chi connectivity index (χ1v) is 8.00. The molecule has 5 nitrogen and oxygen atoms in total. The molecule has 0 aromatic carbocycles. The molecule has 1 aliphatic heterocycles. The van der Waals surface area contributed by atoms with Crippen molar-refractivity contribution >= 4 is 11.8 Å². The molecular formula is C17H27N3O2. The van der Waals surface area contributed by atoms with Gasteiger partial charge in [0.2, 0.25) is 5.91 Å². The number of carbonyl (C=O) groups excluding carboxylic acids is 2. The van der Waals surface area contributed by atoms with Crippen LogP contribution in [0, 0.1) is 5.92 Å².